The third-order valence-electron chi connectivity index (χ3n) is 2.53. The molecule has 0 amide bonds. The molecular weight excluding hydrogens is 306 g/mol. The Morgan fingerprint density at radius 1 is 1.52 bits per heavy atom. The van der Waals surface area contributed by atoms with E-state index in [2.05, 4.69) is 20.3 Å². The van der Waals surface area contributed by atoms with Crippen molar-refractivity contribution >= 4 is 34.4 Å². The quantitative estimate of drug-likeness (QED) is 0.631. The molecule has 0 saturated carbocycles. The highest BCUT2D eigenvalue weighted by molar-refractivity contribution is 6.30. The molecule has 2 aromatic rings. The van der Waals surface area contributed by atoms with Crippen LogP contribution in [0, 0.1) is 0 Å². The van der Waals surface area contributed by atoms with Gasteiger partial charge in [0.15, 0.2) is 5.82 Å². The van der Waals surface area contributed by atoms with Gasteiger partial charge in [-0.25, -0.2) is 18.7 Å². The average Bonchev–Trinajstić information content (AvgIpc) is 2.78. The van der Waals surface area contributed by atoms with E-state index in [-0.39, 0.29) is 24.0 Å². The molecule has 0 radical (unpaired) electrons. The number of nitrogens with one attached hydrogen (secondary N) is 2. The van der Waals surface area contributed by atoms with Gasteiger partial charge in [-0.1, -0.05) is 11.6 Å². The number of nitrogens with zero attached hydrogens (tertiary/aromatic N) is 2. The van der Waals surface area contributed by atoms with Gasteiger partial charge in [0.05, 0.1) is 18.7 Å². The molecule has 21 heavy (non-hydrogen) atoms. The minimum atomic E-state index is -2.53. The number of ether oxygens (including phenoxy) is 1. The number of aromatic nitrogens is 3. The van der Waals surface area contributed by atoms with E-state index in [4.69, 9.17) is 16.3 Å². The summed E-state index contributed by atoms with van der Waals surface area (Å²) in [7, 11) is 0. The van der Waals surface area contributed by atoms with Crippen molar-refractivity contribution in [3.8, 4) is 0 Å². The number of pyridine rings is 1. The normalized spacial score (nSPS) is 11.1. The second-order valence-corrected chi connectivity index (χ2v) is 4.51. The first kappa shape index (κ1) is 15.4. The minimum Gasteiger partial charge on any atom is -0.466 e. The number of imidazole rings is 1. The molecule has 0 spiro atoms. The molecule has 0 aromatic carbocycles. The fourth-order valence-corrected chi connectivity index (χ4v) is 1.96. The van der Waals surface area contributed by atoms with Gasteiger partial charge in [-0.15, -0.1) is 0 Å². The molecule has 6 nitrogen and oxygen atoms in total. The fourth-order valence-electron chi connectivity index (χ4n) is 1.76. The lowest BCUT2D eigenvalue weighted by Gasteiger charge is -2.05. The number of aromatic amines is 1. The lowest BCUT2D eigenvalue weighted by atomic mass is 10.4. The maximum Gasteiger partial charge on any atom is 0.313 e. The number of alkyl halides is 2. The number of carbonyl (C=O) groups excluding carboxylic acids is 1. The number of hydrogen-bond acceptors (Lipinski definition) is 5. The van der Waals surface area contributed by atoms with E-state index in [9.17, 15) is 13.6 Å². The zero-order chi connectivity index (χ0) is 15.4. The van der Waals surface area contributed by atoms with Gasteiger partial charge in [-0.2, -0.15) is 0 Å². The SMILES string of the molecule is CCOC(=O)Cc1nc2c(NCC(F)F)nc(Cl)cc2[nH]1. The van der Waals surface area contributed by atoms with Crippen LogP contribution in [0.15, 0.2) is 6.07 Å². The van der Waals surface area contributed by atoms with Crippen LogP contribution in [0.2, 0.25) is 5.15 Å². The largest absolute Gasteiger partial charge is 0.466 e. The summed E-state index contributed by atoms with van der Waals surface area (Å²) in [5.74, 6) is 0.0643. The zero-order valence-electron chi connectivity index (χ0n) is 11.1. The first-order chi connectivity index (χ1) is 9.99. The van der Waals surface area contributed by atoms with Gasteiger partial charge < -0.3 is 15.0 Å². The zero-order valence-corrected chi connectivity index (χ0v) is 11.9. The van der Waals surface area contributed by atoms with Crippen molar-refractivity contribution in [2.24, 2.45) is 0 Å². The summed E-state index contributed by atoms with van der Waals surface area (Å²) in [6, 6.07) is 1.51. The number of anilines is 1. The highest BCUT2D eigenvalue weighted by Crippen LogP contribution is 2.23. The van der Waals surface area contributed by atoms with Gasteiger partial charge >= 0.3 is 5.97 Å². The Bertz CT molecular complexity index is 647. The molecule has 2 N–H and O–H groups in total. The number of hydrogen-bond donors (Lipinski definition) is 2. The van der Waals surface area contributed by atoms with E-state index in [1.807, 2.05) is 0 Å². The Hall–Kier alpha value is -1.96. The molecule has 0 bridgehead atoms. The number of halogens is 3. The smallest absolute Gasteiger partial charge is 0.313 e. The van der Waals surface area contributed by atoms with E-state index in [1.54, 1.807) is 6.92 Å². The molecular formula is C12H13ClF2N4O2. The van der Waals surface area contributed by atoms with Gasteiger partial charge in [0.25, 0.3) is 6.43 Å². The predicted octanol–water partition coefficient (Wildman–Crippen LogP) is 2.39. The predicted molar refractivity (Wildman–Crippen MR) is 73.7 cm³/mol. The number of H-pyrrole nitrogens is 1. The third kappa shape index (κ3) is 4.01. The van der Waals surface area contributed by atoms with Crippen molar-refractivity contribution < 1.29 is 18.3 Å². The third-order valence-corrected chi connectivity index (χ3v) is 2.72. The van der Waals surface area contributed by atoms with E-state index >= 15 is 0 Å². The van der Waals surface area contributed by atoms with E-state index in [0.29, 0.717) is 16.9 Å². The van der Waals surface area contributed by atoms with Crippen molar-refractivity contribution in [2.45, 2.75) is 19.8 Å². The molecule has 0 atom stereocenters. The fraction of sp³-hybridized carbons (Fsp3) is 0.417. The van der Waals surface area contributed by atoms with Crippen LogP contribution < -0.4 is 5.32 Å². The number of esters is 1. The molecule has 9 heteroatoms. The highest BCUT2D eigenvalue weighted by Gasteiger charge is 2.14. The van der Waals surface area contributed by atoms with Crippen LogP contribution in [0.4, 0.5) is 14.6 Å². The van der Waals surface area contributed by atoms with Gasteiger partial charge in [-0.3, -0.25) is 4.79 Å². The summed E-state index contributed by atoms with van der Waals surface area (Å²) in [5.41, 5.74) is 0.852. The van der Waals surface area contributed by atoms with Crippen LogP contribution in [0.1, 0.15) is 12.7 Å². The minimum absolute atomic E-state index is 0.0472. The maximum absolute atomic E-state index is 12.3. The Balaban J connectivity index is 2.28. The molecule has 0 fully saturated rings. The van der Waals surface area contributed by atoms with Gasteiger partial charge in [0.1, 0.15) is 22.9 Å². The van der Waals surface area contributed by atoms with E-state index in [1.165, 1.54) is 6.07 Å². The Morgan fingerprint density at radius 2 is 2.29 bits per heavy atom. The average molecular weight is 319 g/mol. The molecule has 2 aromatic heterocycles. The van der Waals surface area contributed by atoms with Crippen LogP contribution in [0.25, 0.3) is 11.0 Å². The standard InChI is InChI=1S/C12H13ClF2N4O2/c1-2-21-10(20)4-9-17-6-3-7(13)18-12(11(6)19-9)16-5-8(14)15/h3,8H,2,4-5H2,1H3,(H,16,18)(H,17,19). The van der Waals surface area contributed by atoms with Crippen LogP contribution in [-0.2, 0) is 16.0 Å². The topological polar surface area (TPSA) is 79.9 Å². The lowest BCUT2D eigenvalue weighted by molar-refractivity contribution is -0.142. The number of fused-ring (bicyclic) bond motifs is 1. The number of carbonyl (C=O) groups is 1. The second-order valence-electron chi connectivity index (χ2n) is 4.13. The summed E-state index contributed by atoms with van der Waals surface area (Å²) >= 11 is 5.83. The van der Waals surface area contributed by atoms with E-state index in [0.717, 1.165) is 0 Å². The lowest BCUT2D eigenvalue weighted by Crippen LogP contribution is -2.11. The van der Waals surface area contributed by atoms with Gasteiger partial charge in [0.2, 0.25) is 0 Å². The molecule has 0 aliphatic heterocycles. The van der Waals surface area contributed by atoms with Crippen LogP contribution >= 0.6 is 11.6 Å². The van der Waals surface area contributed by atoms with Crippen molar-refractivity contribution in [3.63, 3.8) is 0 Å². The van der Waals surface area contributed by atoms with Crippen LogP contribution in [0.5, 0.6) is 0 Å². The monoisotopic (exact) mass is 318 g/mol. The van der Waals surface area contributed by atoms with E-state index < -0.39 is 18.9 Å². The van der Waals surface area contributed by atoms with Gasteiger partial charge in [-0.05, 0) is 6.92 Å². The Kier molecular flexibility index (Phi) is 4.89. The Morgan fingerprint density at radius 3 is 2.95 bits per heavy atom. The summed E-state index contributed by atoms with van der Waals surface area (Å²) in [4.78, 5) is 22.4. The first-order valence-electron chi connectivity index (χ1n) is 6.22. The summed E-state index contributed by atoms with van der Waals surface area (Å²) in [6.45, 7) is 1.41. The van der Waals surface area contributed by atoms with Crippen LogP contribution in [-0.4, -0.2) is 40.5 Å². The van der Waals surface area contributed by atoms with Crippen LogP contribution in [0.3, 0.4) is 0 Å². The highest BCUT2D eigenvalue weighted by atomic mass is 35.5. The molecule has 2 heterocycles. The van der Waals surface area contributed by atoms with Crippen molar-refractivity contribution in [3.05, 3.63) is 17.0 Å². The molecule has 0 unspecified atom stereocenters. The molecule has 0 aliphatic rings. The number of rotatable bonds is 6. The summed E-state index contributed by atoms with van der Waals surface area (Å²) < 4.78 is 29.4. The van der Waals surface area contributed by atoms with Crippen molar-refractivity contribution in [1.29, 1.82) is 0 Å². The maximum atomic E-state index is 12.3. The second kappa shape index (κ2) is 6.66. The molecule has 0 aliphatic carbocycles. The summed E-state index contributed by atoms with van der Waals surface area (Å²) in [6.07, 6.45) is -2.58. The van der Waals surface area contributed by atoms with Crippen molar-refractivity contribution in [2.75, 3.05) is 18.5 Å². The molecule has 114 valence electrons. The Labute approximate surface area is 123 Å². The van der Waals surface area contributed by atoms with Crippen molar-refractivity contribution in [1.82, 2.24) is 15.0 Å². The first-order valence-corrected chi connectivity index (χ1v) is 6.60. The molecule has 2 rings (SSSR count). The summed E-state index contributed by atoms with van der Waals surface area (Å²) in [5, 5.41) is 2.61. The molecule has 0 saturated heterocycles. The van der Waals surface area contributed by atoms with Gasteiger partial charge in [0, 0.05) is 6.07 Å².